The summed E-state index contributed by atoms with van der Waals surface area (Å²) in [4.78, 5) is 31.4. The van der Waals surface area contributed by atoms with Gasteiger partial charge in [0.2, 0.25) is 11.8 Å². The Bertz CT molecular complexity index is 338. The Morgan fingerprint density at radius 3 is 1.61 bits per heavy atom. The fourth-order valence-corrected chi connectivity index (χ4v) is 1.59. The van der Waals surface area contributed by atoms with Gasteiger partial charge in [0, 0.05) is 24.5 Å². The fourth-order valence-electron chi connectivity index (χ4n) is 1.59. The highest BCUT2D eigenvalue weighted by Gasteiger charge is 2.05. The lowest BCUT2D eigenvalue weighted by Gasteiger charge is -2.07. The third-order valence-electron chi connectivity index (χ3n) is 2.46. The van der Waals surface area contributed by atoms with Crippen molar-refractivity contribution < 1.29 is 9.59 Å². The second-order valence-electron chi connectivity index (χ2n) is 4.29. The van der Waals surface area contributed by atoms with Crippen LogP contribution in [-0.4, -0.2) is 49.4 Å². The minimum absolute atomic E-state index is 0.0369. The largest absolute Gasteiger partial charge is 0.354 e. The van der Waals surface area contributed by atoms with E-state index < -0.39 is 0 Å². The summed E-state index contributed by atoms with van der Waals surface area (Å²) in [7, 11) is 0. The summed E-state index contributed by atoms with van der Waals surface area (Å²) in [5.41, 5.74) is 1.55. The molecule has 0 aliphatic carbocycles. The summed E-state index contributed by atoms with van der Waals surface area (Å²) in [6.45, 7) is 5.61. The monoisotopic (exact) mass is 252 g/mol. The van der Waals surface area contributed by atoms with Crippen LogP contribution in [0.3, 0.4) is 0 Å². The molecule has 6 heteroatoms. The summed E-state index contributed by atoms with van der Waals surface area (Å²) in [6, 6.07) is 0. The van der Waals surface area contributed by atoms with Crippen molar-refractivity contribution in [2.24, 2.45) is 9.98 Å². The first-order valence-electron chi connectivity index (χ1n) is 6.11. The van der Waals surface area contributed by atoms with Gasteiger partial charge in [0.1, 0.15) is 0 Å². The Kier molecular flexibility index (Phi) is 6.04. The van der Waals surface area contributed by atoms with Crippen molar-refractivity contribution >= 4 is 23.2 Å². The van der Waals surface area contributed by atoms with Crippen molar-refractivity contribution in [3.63, 3.8) is 0 Å². The van der Waals surface area contributed by atoms with Crippen LogP contribution in [0.25, 0.3) is 0 Å². The molecule has 1 rings (SSSR count). The van der Waals surface area contributed by atoms with Crippen LogP contribution in [0, 0.1) is 0 Å². The van der Waals surface area contributed by atoms with E-state index in [0.717, 1.165) is 11.4 Å². The van der Waals surface area contributed by atoms with E-state index >= 15 is 0 Å². The summed E-state index contributed by atoms with van der Waals surface area (Å²) >= 11 is 0. The zero-order valence-corrected chi connectivity index (χ0v) is 11.0. The lowest BCUT2D eigenvalue weighted by molar-refractivity contribution is -0.120. The number of carbonyl (C=O) groups is 2. The molecule has 1 aliphatic rings. The van der Waals surface area contributed by atoms with Gasteiger partial charge in [-0.05, 0) is 13.8 Å². The number of nitrogens with one attached hydrogen (secondary N) is 2. The molecule has 1 heterocycles. The minimum Gasteiger partial charge on any atom is -0.354 e. The summed E-state index contributed by atoms with van der Waals surface area (Å²) in [6.07, 6.45) is 0.604. The summed E-state index contributed by atoms with van der Waals surface area (Å²) < 4.78 is 0. The van der Waals surface area contributed by atoms with Gasteiger partial charge in [0.25, 0.3) is 0 Å². The Balaban J connectivity index is 2.58. The molecule has 1 aliphatic heterocycles. The van der Waals surface area contributed by atoms with Crippen LogP contribution in [0.1, 0.15) is 26.7 Å². The molecular formula is C12H20N4O2. The predicted molar refractivity (Wildman–Crippen MR) is 71.2 cm³/mol. The summed E-state index contributed by atoms with van der Waals surface area (Å²) in [5, 5.41) is 5.54. The maximum Gasteiger partial charge on any atom is 0.225 e. The average Bonchev–Trinajstić information content (AvgIpc) is 2.29. The lowest BCUT2D eigenvalue weighted by atomic mass is 10.2. The molecule has 0 saturated carbocycles. The second-order valence-corrected chi connectivity index (χ2v) is 4.29. The second kappa shape index (κ2) is 7.58. The Morgan fingerprint density at radius 1 is 0.833 bits per heavy atom. The van der Waals surface area contributed by atoms with Crippen molar-refractivity contribution in [1.82, 2.24) is 10.6 Å². The van der Waals surface area contributed by atoms with Gasteiger partial charge in [-0.2, -0.15) is 0 Å². The number of nitrogens with zero attached hydrogens (tertiary/aromatic N) is 2. The van der Waals surface area contributed by atoms with E-state index in [-0.39, 0.29) is 11.8 Å². The van der Waals surface area contributed by atoms with Gasteiger partial charge in [-0.3, -0.25) is 19.6 Å². The third-order valence-corrected chi connectivity index (χ3v) is 2.46. The molecule has 0 bridgehead atoms. The van der Waals surface area contributed by atoms with Crippen LogP contribution in [-0.2, 0) is 9.59 Å². The molecule has 0 spiro atoms. The highest BCUT2D eigenvalue weighted by molar-refractivity contribution is 6.00. The zero-order valence-electron chi connectivity index (χ0n) is 11.0. The zero-order chi connectivity index (χ0) is 13.4. The van der Waals surface area contributed by atoms with Crippen molar-refractivity contribution in [1.29, 1.82) is 0 Å². The molecule has 0 aromatic heterocycles. The van der Waals surface area contributed by atoms with Gasteiger partial charge in [0.05, 0.1) is 25.9 Å². The number of amides is 2. The molecule has 0 aromatic rings. The first-order valence-corrected chi connectivity index (χ1v) is 6.11. The maximum absolute atomic E-state index is 11.5. The van der Waals surface area contributed by atoms with Gasteiger partial charge >= 0.3 is 0 Å². The van der Waals surface area contributed by atoms with Crippen LogP contribution >= 0.6 is 0 Å². The molecule has 0 unspecified atom stereocenters. The number of aliphatic imine (C=N–C) groups is 2. The molecule has 18 heavy (non-hydrogen) atoms. The third kappa shape index (κ3) is 6.12. The average molecular weight is 252 g/mol. The molecule has 0 fully saturated rings. The SMILES string of the molecule is CC1=NCCNC(=O)CC(C)=NCCNC(=O)C1. The lowest BCUT2D eigenvalue weighted by Crippen LogP contribution is -2.30. The van der Waals surface area contributed by atoms with Gasteiger partial charge in [-0.25, -0.2) is 0 Å². The van der Waals surface area contributed by atoms with Gasteiger partial charge in [-0.15, -0.1) is 0 Å². The topological polar surface area (TPSA) is 82.9 Å². The Morgan fingerprint density at radius 2 is 1.22 bits per heavy atom. The molecule has 0 atom stereocenters. The standard InChI is InChI=1S/C12H20N4O2/c1-9-7-11(17)15-6-4-14-10(2)8-12(18)16-5-3-13-9/h3-8H2,1-2H3,(H,15,17)(H,16,18). The molecule has 0 radical (unpaired) electrons. The number of hydrogen-bond donors (Lipinski definition) is 2. The molecule has 100 valence electrons. The summed E-state index contributed by atoms with van der Waals surface area (Å²) in [5.74, 6) is -0.0737. The fraction of sp³-hybridized carbons (Fsp3) is 0.667. The highest BCUT2D eigenvalue weighted by Crippen LogP contribution is 1.90. The van der Waals surface area contributed by atoms with Crippen LogP contribution in [0.2, 0.25) is 0 Å². The molecule has 2 N–H and O–H groups in total. The van der Waals surface area contributed by atoms with Crippen LogP contribution in [0.5, 0.6) is 0 Å². The van der Waals surface area contributed by atoms with Crippen molar-refractivity contribution in [2.45, 2.75) is 26.7 Å². The minimum atomic E-state index is -0.0369. The Labute approximate surface area is 107 Å². The quantitative estimate of drug-likeness (QED) is 0.633. The van der Waals surface area contributed by atoms with Gasteiger partial charge in [-0.1, -0.05) is 0 Å². The molecule has 2 amide bonds. The van der Waals surface area contributed by atoms with Crippen LogP contribution < -0.4 is 10.6 Å². The molecule has 0 saturated heterocycles. The van der Waals surface area contributed by atoms with Crippen molar-refractivity contribution in [3.05, 3.63) is 0 Å². The highest BCUT2D eigenvalue weighted by atomic mass is 16.2. The molecular weight excluding hydrogens is 232 g/mol. The van der Waals surface area contributed by atoms with E-state index in [0.29, 0.717) is 39.0 Å². The van der Waals surface area contributed by atoms with E-state index in [9.17, 15) is 9.59 Å². The van der Waals surface area contributed by atoms with Crippen LogP contribution in [0.15, 0.2) is 9.98 Å². The Hall–Kier alpha value is -1.72. The van der Waals surface area contributed by atoms with Crippen molar-refractivity contribution in [3.8, 4) is 0 Å². The molecule has 6 nitrogen and oxygen atoms in total. The smallest absolute Gasteiger partial charge is 0.225 e. The number of carbonyl (C=O) groups excluding carboxylic acids is 2. The van der Waals surface area contributed by atoms with E-state index in [1.165, 1.54) is 0 Å². The van der Waals surface area contributed by atoms with E-state index in [2.05, 4.69) is 20.6 Å². The van der Waals surface area contributed by atoms with E-state index in [1.54, 1.807) is 0 Å². The number of hydrogen-bond acceptors (Lipinski definition) is 4. The molecule has 0 aromatic carbocycles. The number of rotatable bonds is 0. The van der Waals surface area contributed by atoms with E-state index in [1.807, 2.05) is 13.8 Å². The van der Waals surface area contributed by atoms with Gasteiger partial charge < -0.3 is 10.6 Å². The van der Waals surface area contributed by atoms with Crippen molar-refractivity contribution in [2.75, 3.05) is 26.2 Å². The first-order chi connectivity index (χ1) is 8.58. The maximum atomic E-state index is 11.5. The first kappa shape index (κ1) is 14.3. The normalized spacial score (nSPS) is 20.1. The van der Waals surface area contributed by atoms with E-state index in [4.69, 9.17) is 0 Å². The van der Waals surface area contributed by atoms with Crippen LogP contribution in [0.4, 0.5) is 0 Å². The van der Waals surface area contributed by atoms with Gasteiger partial charge in [0.15, 0.2) is 0 Å². The predicted octanol–water partition coefficient (Wildman–Crippen LogP) is -0.0656.